The Bertz CT molecular complexity index is 2220. The molecule has 2 aliphatic heterocycles. The molecule has 0 N–H and O–H groups in total. The number of para-hydroxylation sites is 4. The van der Waals surface area contributed by atoms with Gasteiger partial charge in [0.1, 0.15) is 0 Å². The minimum Gasteiger partial charge on any atom is -0.453 e. The maximum Gasteiger partial charge on any atom is 0.151 e. The van der Waals surface area contributed by atoms with Gasteiger partial charge >= 0.3 is 0 Å². The van der Waals surface area contributed by atoms with Gasteiger partial charge in [0.25, 0.3) is 0 Å². The number of hydrogen-bond donors (Lipinski definition) is 0. The second-order valence-electron chi connectivity index (χ2n) is 11.8. The topological polar surface area (TPSA) is 38.2 Å². The monoisotopic (exact) mass is 575 g/mol. The molecule has 1 spiro atoms. The Labute approximate surface area is 260 Å². The third-order valence-corrected chi connectivity index (χ3v) is 9.63. The zero-order valence-corrected chi connectivity index (χ0v) is 24.2. The van der Waals surface area contributed by atoms with Gasteiger partial charge in [-0.15, -0.1) is 0 Å². The SMILES string of the molecule is c1cncc(-c2ccc3c(c2)C2(c4cc(-c5cccnc5)ccc4-3)c3ccccc3N3c4ccccc4Oc4cccc2c43)c1. The van der Waals surface area contributed by atoms with E-state index in [4.69, 9.17) is 4.74 Å². The summed E-state index contributed by atoms with van der Waals surface area (Å²) in [6.07, 6.45) is 7.55. The van der Waals surface area contributed by atoms with Gasteiger partial charge in [-0.25, -0.2) is 0 Å². The van der Waals surface area contributed by atoms with Gasteiger partial charge in [-0.3, -0.25) is 9.97 Å². The van der Waals surface area contributed by atoms with Crippen molar-refractivity contribution in [2.75, 3.05) is 4.90 Å². The molecule has 1 aliphatic carbocycles. The van der Waals surface area contributed by atoms with Crippen LogP contribution in [0.25, 0.3) is 33.4 Å². The van der Waals surface area contributed by atoms with Crippen molar-refractivity contribution in [1.29, 1.82) is 0 Å². The van der Waals surface area contributed by atoms with Gasteiger partial charge in [-0.2, -0.15) is 0 Å². The lowest BCUT2D eigenvalue weighted by Gasteiger charge is -2.47. The smallest absolute Gasteiger partial charge is 0.151 e. The summed E-state index contributed by atoms with van der Waals surface area (Å²) in [7, 11) is 0. The fraction of sp³-hybridized carbons (Fsp3) is 0.0244. The summed E-state index contributed by atoms with van der Waals surface area (Å²) < 4.78 is 6.65. The van der Waals surface area contributed by atoms with Crippen molar-refractivity contribution in [2.24, 2.45) is 0 Å². The van der Waals surface area contributed by atoms with Crippen molar-refractivity contribution in [3.8, 4) is 44.9 Å². The first-order valence-electron chi connectivity index (χ1n) is 15.2. The van der Waals surface area contributed by atoms with Gasteiger partial charge in [-0.05, 0) is 104 Å². The molecule has 0 radical (unpaired) electrons. The molecule has 0 saturated carbocycles. The molecule has 10 rings (SSSR count). The third kappa shape index (κ3) is 3.20. The van der Waals surface area contributed by atoms with Crippen LogP contribution in [0.2, 0.25) is 0 Å². The molecule has 45 heavy (non-hydrogen) atoms. The van der Waals surface area contributed by atoms with E-state index in [-0.39, 0.29) is 0 Å². The van der Waals surface area contributed by atoms with Crippen LogP contribution < -0.4 is 9.64 Å². The second kappa shape index (κ2) is 9.01. The second-order valence-corrected chi connectivity index (χ2v) is 11.8. The van der Waals surface area contributed by atoms with Gasteiger partial charge in [0, 0.05) is 24.8 Å². The van der Waals surface area contributed by atoms with Crippen LogP contribution in [-0.4, -0.2) is 9.97 Å². The van der Waals surface area contributed by atoms with E-state index in [1.165, 1.54) is 33.4 Å². The molecule has 4 heterocycles. The first kappa shape index (κ1) is 24.4. The Kier molecular flexibility index (Phi) is 4.89. The van der Waals surface area contributed by atoms with E-state index in [0.717, 1.165) is 50.8 Å². The maximum absolute atomic E-state index is 6.65. The zero-order valence-electron chi connectivity index (χ0n) is 24.2. The van der Waals surface area contributed by atoms with Gasteiger partial charge in [0.2, 0.25) is 0 Å². The van der Waals surface area contributed by atoms with Gasteiger partial charge < -0.3 is 9.64 Å². The normalized spacial score (nSPS) is 14.1. The van der Waals surface area contributed by atoms with Gasteiger partial charge in [0.05, 0.1) is 22.5 Å². The number of benzene rings is 5. The summed E-state index contributed by atoms with van der Waals surface area (Å²) in [5.74, 6) is 1.72. The number of nitrogens with zero attached hydrogens (tertiary/aromatic N) is 3. The number of pyridine rings is 2. The molecular weight excluding hydrogens is 550 g/mol. The van der Waals surface area contributed by atoms with Crippen LogP contribution >= 0.6 is 0 Å². The molecule has 0 bridgehead atoms. The van der Waals surface area contributed by atoms with Crippen LogP contribution in [0.3, 0.4) is 0 Å². The highest BCUT2D eigenvalue weighted by molar-refractivity contribution is 6.00. The molecule has 2 aromatic heterocycles. The fourth-order valence-corrected chi connectivity index (χ4v) is 7.82. The van der Waals surface area contributed by atoms with E-state index in [1.807, 2.05) is 43.0 Å². The van der Waals surface area contributed by atoms with Crippen molar-refractivity contribution >= 4 is 17.1 Å². The van der Waals surface area contributed by atoms with E-state index in [0.29, 0.717) is 0 Å². The summed E-state index contributed by atoms with van der Waals surface area (Å²) in [5.41, 5.74) is 14.7. The fourth-order valence-electron chi connectivity index (χ4n) is 7.82. The summed E-state index contributed by atoms with van der Waals surface area (Å²) in [6, 6.07) is 45.9. The largest absolute Gasteiger partial charge is 0.453 e. The minimum absolute atomic E-state index is 0.588. The molecular formula is C41H25N3O. The van der Waals surface area contributed by atoms with Crippen molar-refractivity contribution < 1.29 is 4.74 Å². The highest BCUT2D eigenvalue weighted by atomic mass is 16.5. The summed E-state index contributed by atoms with van der Waals surface area (Å²) in [6.45, 7) is 0. The van der Waals surface area contributed by atoms with E-state index in [1.54, 1.807) is 0 Å². The van der Waals surface area contributed by atoms with Gasteiger partial charge in [-0.1, -0.05) is 78.9 Å². The van der Waals surface area contributed by atoms with Crippen LogP contribution in [0, 0.1) is 0 Å². The van der Waals surface area contributed by atoms with Gasteiger partial charge in [0.15, 0.2) is 11.5 Å². The Hall–Kier alpha value is -6.00. The Morgan fingerprint density at radius 1 is 0.467 bits per heavy atom. The zero-order chi connectivity index (χ0) is 29.5. The van der Waals surface area contributed by atoms with Crippen LogP contribution in [0.4, 0.5) is 17.1 Å². The molecule has 7 aromatic rings. The highest BCUT2D eigenvalue weighted by Crippen LogP contribution is 2.67. The van der Waals surface area contributed by atoms with Crippen molar-refractivity contribution in [1.82, 2.24) is 9.97 Å². The van der Waals surface area contributed by atoms with Crippen LogP contribution in [-0.2, 0) is 5.41 Å². The molecule has 0 saturated heterocycles. The lowest BCUT2D eigenvalue weighted by molar-refractivity contribution is 0.473. The number of aromatic nitrogens is 2. The molecule has 210 valence electrons. The van der Waals surface area contributed by atoms with E-state index in [2.05, 4.69) is 124 Å². The highest BCUT2D eigenvalue weighted by Gasteiger charge is 2.53. The molecule has 4 nitrogen and oxygen atoms in total. The number of fused-ring (bicyclic) bond motifs is 11. The molecule has 0 unspecified atom stereocenters. The predicted molar refractivity (Wildman–Crippen MR) is 179 cm³/mol. The average Bonchev–Trinajstić information content (AvgIpc) is 3.40. The Morgan fingerprint density at radius 2 is 1.07 bits per heavy atom. The van der Waals surface area contributed by atoms with Crippen molar-refractivity contribution in [3.05, 3.63) is 174 Å². The van der Waals surface area contributed by atoms with E-state index >= 15 is 0 Å². The van der Waals surface area contributed by atoms with Crippen molar-refractivity contribution in [2.45, 2.75) is 5.41 Å². The number of ether oxygens (including phenoxy) is 1. The standard InChI is InChI=1S/C41H25N3O/c1-2-12-36-32(10-1)41(33-11-5-15-39-40(33)44(36)37-13-3-4-14-38(37)45-39)34-22-26(28-8-6-20-42-24-28)16-18-30(34)31-19-17-27(23-35(31)41)29-9-7-21-43-25-29/h1-25H. The quantitative estimate of drug-likeness (QED) is 0.206. The maximum atomic E-state index is 6.65. The average molecular weight is 576 g/mol. The molecule has 3 aliphatic rings. The first-order chi connectivity index (χ1) is 22.3. The van der Waals surface area contributed by atoms with Crippen LogP contribution in [0.5, 0.6) is 11.5 Å². The first-order valence-corrected chi connectivity index (χ1v) is 15.2. The summed E-state index contributed by atoms with van der Waals surface area (Å²) in [5, 5.41) is 0. The minimum atomic E-state index is -0.588. The summed E-state index contributed by atoms with van der Waals surface area (Å²) in [4.78, 5) is 11.3. The van der Waals surface area contributed by atoms with Crippen molar-refractivity contribution in [3.63, 3.8) is 0 Å². The Balaban J connectivity index is 1.36. The Morgan fingerprint density at radius 3 is 1.73 bits per heavy atom. The predicted octanol–water partition coefficient (Wildman–Crippen LogP) is 10.1. The number of hydrogen-bond acceptors (Lipinski definition) is 4. The van der Waals surface area contributed by atoms with E-state index in [9.17, 15) is 0 Å². The number of rotatable bonds is 2. The third-order valence-electron chi connectivity index (χ3n) is 9.63. The molecule has 4 heteroatoms. The summed E-state index contributed by atoms with van der Waals surface area (Å²) >= 11 is 0. The van der Waals surface area contributed by atoms with Crippen LogP contribution in [0.1, 0.15) is 22.3 Å². The molecule has 0 atom stereocenters. The number of anilines is 3. The lowest BCUT2D eigenvalue weighted by Crippen LogP contribution is -2.37. The molecule has 0 amide bonds. The molecule has 5 aromatic carbocycles. The van der Waals surface area contributed by atoms with Crippen LogP contribution in [0.15, 0.2) is 152 Å². The lowest BCUT2D eigenvalue weighted by atomic mass is 9.64. The van der Waals surface area contributed by atoms with E-state index < -0.39 is 5.41 Å². The molecule has 0 fully saturated rings.